The topological polar surface area (TPSA) is 46.5 Å². The van der Waals surface area contributed by atoms with Crippen molar-refractivity contribution in [1.82, 2.24) is 0 Å². The van der Waals surface area contributed by atoms with Crippen LogP contribution >= 0.6 is 11.8 Å². The maximum absolute atomic E-state index is 11.0. The van der Waals surface area contributed by atoms with Crippen LogP contribution in [-0.4, -0.2) is 30.0 Å². The second kappa shape index (κ2) is 4.89. The van der Waals surface area contributed by atoms with Gasteiger partial charge in [0.15, 0.2) is 0 Å². The zero-order chi connectivity index (χ0) is 13.4. The molecule has 2 bridgehead atoms. The molecule has 3 unspecified atom stereocenters. The number of ether oxygens (including phenoxy) is 1. The summed E-state index contributed by atoms with van der Waals surface area (Å²) in [5.74, 6) is 1.21. The molecule has 0 saturated heterocycles. The number of aliphatic hydroxyl groups excluding tert-OH is 1. The number of aliphatic hydroxyl groups is 1. The zero-order valence-electron chi connectivity index (χ0n) is 11.3. The van der Waals surface area contributed by atoms with E-state index in [4.69, 9.17) is 0 Å². The molecule has 4 heteroatoms. The standard InChI is InChI=1S/C14H22O3S/c1-13(2)10-4-6-14(13,11(15)8-10)9-18-7-5-12(16)17-3/h5,7,10-11,15H,4,6,8-9H2,1-3H3/b7-5-. The first kappa shape index (κ1) is 13.9. The number of fused-ring (bicyclic) bond motifs is 2. The van der Waals surface area contributed by atoms with Crippen LogP contribution in [0, 0.1) is 16.7 Å². The Morgan fingerprint density at radius 2 is 2.28 bits per heavy atom. The van der Waals surface area contributed by atoms with Crippen LogP contribution in [-0.2, 0) is 9.53 Å². The fourth-order valence-electron chi connectivity index (χ4n) is 3.75. The van der Waals surface area contributed by atoms with E-state index in [0.29, 0.717) is 5.92 Å². The molecule has 0 aromatic heterocycles. The number of hydrogen-bond donors (Lipinski definition) is 1. The number of thioether (sulfide) groups is 1. The van der Waals surface area contributed by atoms with Gasteiger partial charge in [-0.15, -0.1) is 11.8 Å². The lowest BCUT2D eigenvalue weighted by Gasteiger charge is -2.40. The number of hydrogen-bond acceptors (Lipinski definition) is 4. The highest BCUT2D eigenvalue weighted by Crippen LogP contribution is 2.66. The molecular formula is C14H22O3S. The molecule has 2 aliphatic carbocycles. The third kappa shape index (κ3) is 1.99. The van der Waals surface area contributed by atoms with Gasteiger partial charge in [-0.05, 0) is 36.0 Å². The third-order valence-corrected chi connectivity index (χ3v) is 6.24. The van der Waals surface area contributed by atoms with Crippen LogP contribution in [0.15, 0.2) is 11.5 Å². The van der Waals surface area contributed by atoms with E-state index in [9.17, 15) is 9.90 Å². The summed E-state index contributed by atoms with van der Waals surface area (Å²) in [6, 6.07) is 0. The van der Waals surface area contributed by atoms with E-state index in [1.54, 1.807) is 17.2 Å². The molecule has 0 spiro atoms. The van der Waals surface area contributed by atoms with E-state index in [-0.39, 0.29) is 22.9 Å². The lowest BCUT2D eigenvalue weighted by molar-refractivity contribution is -0.134. The average molecular weight is 270 g/mol. The summed E-state index contributed by atoms with van der Waals surface area (Å²) in [4.78, 5) is 11.0. The normalized spacial score (nSPS) is 37.3. The Bertz CT molecular complexity index is 364. The second-order valence-electron chi connectivity index (χ2n) is 6.00. The Hall–Kier alpha value is -0.480. The van der Waals surface area contributed by atoms with Gasteiger partial charge in [0, 0.05) is 17.2 Å². The Labute approximate surface area is 113 Å². The van der Waals surface area contributed by atoms with Crippen LogP contribution in [0.5, 0.6) is 0 Å². The highest BCUT2D eigenvalue weighted by molar-refractivity contribution is 8.02. The van der Waals surface area contributed by atoms with Crippen LogP contribution < -0.4 is 0 Å². The number of methoxy groups -OCH3 is 1. The molecule has 18 heavy (non-hydrogen) atoms. The summed E-state index contributed by atoms with van der Waals surface area (Å²) in [6.07, 6.45) is 4.53. The second-order valence-corrected chi connectivity index (χ2v) is 6.90. The van der Waals surface area contributed by atoms with Gasteiger partial charge in [0.05, 0.1) is 13.2 Å². The minimum Gasteiger partial charge on any atom is -0.466 e. The average Bonchev–Trinajstić information content (AvgIpc) is 2.68. The van der Waals surface area contributed by atoms with Crippen LogP contribution in [0.2, 0.25) is 0 Å². The molecule has 3 nitrogen and oxygen atoms in total. The van der Waals surface area contributed by atoms with E-state index in [1.807, 2.05) is 0 Å². The number of rotatable bonds is 4. The first-order chi connectivity index (χ1) is 8.44. The molecule has 0 heterocycles. The fraction of sp³-hybridized carbons (Fsp3) is 0.786. The lowest BCUT2D eigenvalue weighted by Crippen LogP contribution is -2.40. The summed E-state index contributed by atoms with van der Waals surface area (Å²) in [7, 11) is 1.38. The minimum absolute atomic E-state index is 0.0167. The van der Waals surface area contributed by atoms with Gasteiger partial charge in [-0.3, -0.25) is 0 Å². The molecule has 2 rings (SSSR count). The van der Waals surface area contributed by atoms with Gasteiger partial charge in [-0.25, -0.2) is 4.79 Å². The minimum atomic E-state index is -0.324. The summed E-state index contributed by atoms with van der Waals surface area (Å²) < 4.78 is 4.56. The summed E-state index contributed by atoms with van der Waals surface area (Å²) in [5.41, 5.74) is 0.224. The van der Waals surface area contributed by atoms with E-state index in [0.717, 1.165) is 18.6 Å². The molecular weight excluding hydrogens is 248 g/mol. The van der Waals surface area contributed by atoms with Crippen LogP contribution in [0.3, 0.4) is 0 Å². The van der Waals surface area contributed by atoms with Crippen molar-refractivity contribution in [1.29, 1.82) is 0 Å². The van der Waals surface area contributed by atoms with Crippen LogP contribution in [0.1, 0.15) is 33.1 Å². The molecule has 0 aromatic rings. The van der Waals surface area contributed by atoms with E-state index in [2.05, 4.69) is 18.6 Å². The van der Waals surface area contributed by atoms with Crippen molar-refractivity contribution < 1.29 is 14.6 Å². The molecule has 2 aliphatic rings. The number of carbonyl (C=O) groups excluding carboxylic acids is 1. The summed E-state index contributed by atoms with van der Waals surface area (Å²) in [6.45, 7) is 4.57. The predicted octanol–water partition coefficient (Wildman–Crippen LogP) is 2.59. The van der Waals surface area contributed by atoms with Crippen molar-refractivity contribution in [2.45, 2.75) is 39.2 Å². The fourth-order valence-corrected chi connectivity index (χ4v) is 5.06. The van der Waals surface area contributed by atoms with Crippen molar-refractivity contribution in [3.05, 3.63) is 11.5 Å². The Morgan fingerprint density at radius 1 is 1.56 bits per heavy atom. The van der Waals surface area contributed by atoms with Crippen molar-refractivity contribution >= 4 is 17.7 Å². The highest BCUT2D eigenvalue weighted by atomic mass is 32.2. The smallest absolute Gasteiger partial charge is 0.330 e. The molecule has 1 N–H and O–H groups in total. The Balaban J connectivity index is 1.99. The number of esters is 1. The quantitative estimate of drug-likeness (QED) is 0.630. The van der Waals surface area contributed by atoms with Gasteiger partial charge >= 0.3 is 5.97 Å². The maximum Gasteiger partial charge on any atom is 0.330 e. The summed E-state index contributed by atoms with van der Waals surface area (Å²) >= 11 is 1.61. The molecule has 2 fully saturated rings. The largest absolute Gasteiger partial charge is 0.466 e. The van der Waals surface area contributed by atoms with Crippen LogP contribution in [0.25, 0.3) is 0 Å². The van der Waals surface area contributed by atoms with Gasteiger partial charge in [-0.1, -0.05) is 13.8 Å². The summed E-state index contributed by atoms with van der Waals surface area (Å²) in [5, 5.41) is 12.1. The van der Waals surface area contributed by atoms with Gasteiger partial charge in [-0.2, -0.15) is 0 Å². The van der Waals surface area contributed by atoms with Gasteiger partial charge in [0.25, 0.3) is 0 Å². The van der Waals surface area contributed by atoms with Crippen molar-refractivity contribution in [2.75, 3.05) is 12.9 Å². The highest BCUT2D eigenvalue weighted by Gasteiger charge is 2.63. The van der Waals surface area contributed by atoms with Crippen molar-refractivity contribution in [3.8, 4) is 0 Å². The zero-order valence-corrected chi connectivity index (χ0v) is 12.1. The van der Waals surface area contributed by atoms with E-state index in [1.165, 1.54) is 19.6 Å². The molecule has 0 aromatic carbocycles. The Kier molecular flexibility index (Phi) is 3.79. The SMILES string of the molecule is COC(=O)/C=C\SCC12CCC(CC1O)C2(C)C. The molecule has 0 amide bonds. The van der Waals surface area contributed by atoms with Gasteiger partial charge < -0.3 is 9.84 Å². The first-order valence-electron chi connectivity index (χ1n) is 6.48. The van der Waals surface area contributed by atoms with Gasteiger partial charge in [0.2, 0.25) is 0 Å². The monoisotopic (exact) mass is 270 g/mol. The van der Waals surface area contributed by atoms with Crippen molar-refractivity contribution in [2.24, 2.45) is 16.7 Å². The molecule has 0 aliphatic heterocycles. The third-order valence-electron chi connectivity index (χ3n) is 5.23. The number of carbonyl (C=O) groups is 1. The molecule has 0 radical (unpaired) electrons. The van der Waals surface area contributed by atoms with Crippen LogP contribution in [0.4, 0.5) is 0 Å². The molecule has 2 saturated carbocycles. The lowest BCUT2D eigenvalue weighted by atomic mass is 9.70. The van der Waals surface area contributed by atoms with E-state index >= 15 is 0 Å². The van der Waals surface area contributed by atoms with Gasteiger partial charge in [0.1, 0.15) is 0 Å². The maximum atomic E-state index is 11.0. The molecule has 102 valence electrons. The van der Waals surface area contributed by atoms with Crippen molar-refractivity contribution in [3.63, 3.8) is 0 Å². The first-order valence-corrected chi connectivity index (χ1v) is 7.53. The Morgan fingerprint density at radius 3 is 2.78 bits per heavy atom. The van der Waals surface area contributed by atoms with E-state index < -0.39 is 0 Å². The predicted molar refractivity (Wildman–Crippen MR) is 73.2 cm³/mol. The molecule has 3 atom stereocenters.